The highest BCUT2D eigenvalue weighted by Gasteiger charge is 2.16. The molecule has 0 fully saturated rings. The lowest BCUT2D eigenvalue weighted by molar-refractivity contribution is 0.534. The molecule has 5 heteroatoms. The van der Waals surface area contributed by atoms with Crippen molar-refractivity contribution in [1.82, 2.24) is 10.0 Å². The molecule has 2 N–H and O–H groups in total. The number of hydrogen-bond donors (Lipinski definition) is 2. The van der Waals surface area contributed by atoms with Crippen LogP contribution in [0.25, 0.3) is 0 Å². The molecular formula is C15H26N2O2S. The summed E-state index contributed by atoms with van der Waals surface area (Å²) in [4.78, 5) is 0.334. The third kappa shape index (κ3) is 5.61. The second kappa shape index (κ2) is 8.39. The van der Waals surface area contributed by atoms with Gasteiger partial charge in [-0.3, -0.25) is 0 Å². The fraction of sp³-hybridized carbons (Fsp3) is 0.600. The van der Waals surface area contributed by atoms with Crippen molar-refractivity contribution < 1.29 is 8.42 Å². The molecule has 1 aromatic rings. The first-order valence-electron chi connectivity index (χ1n) is 7.31. The molecule has 1 unspecified atom stereocenters. The highest BCUT2D eigenvalue weighted by atomic mass is 32.2. The van der Waals surface area contributed by atoms with Crippen LogP contribution < -0.4 is 10.0 Å². The van der Waals surface area contributed by atoms with Gasteiger partial charge in [0.05, 0.1) is 4.90 Å². The van der Waals surface area contributed by atoms with Crippen molar-refractivity contribution in [3.63, 3.8) is 0 Å². The number of benzene rings is 1. The van der Waals surface area contributed by atoms with E-state index < -0.39 is 10.0 Å². The van der Waals surface area contributed by atoms with E-state index in [1.807, 2.05) is 26.0 Å². The molecule has 0 heterocycles. The molecule has 1 aromatic carbocycles. The fourth-order valence-corrected chi connectivity index (χ4v) is 3.24. The Morgan fingerprint density at radius 3 is 2.35 bits per heavy atom. The molecule has 0 amide bonds. The lowest BCUT2D eigenvalue weighted by Gasteiger charge is -2.14. The van der Waals surface area contributed by atoms with Gasteiger partial charge in [0.25, 0.3) is 0 Å². The molecule has 0 radical (unpaired) electrons. The van der Waals surface area contributed by atoms with Crippen molar-refractivity contribution in [1.29, 1.82) is 0 Å². The number of sulfonamides is 1. The highest BCUT2D eigenvalue weighted by molar-refractivity contribution is 7.89. The van der Waals surface area contributed by atoms with E-state index in [4.69, 9.17) is 0 Å². The zero-order chi connectivity index (χ0) is 15.0. The Hall–Kier alpha value is -0.910. The molecule has 0 saturated carbocycles. The molecule has 0 aliphatic carbocycles. The maximum Gasteiger partial charge on any atom is 0.240 e. The van der Waals surface area contributed by atoms with Crippen LogP contribution in [-0.4, -0.2) is 21.0 Å². The average molecular weight is 298 g/mol. The number of hydrogen-bond acceptors (Lipinski definition) is 3. The molecule has 0 aromatic heterocycles. The number of unbranched alkanes of at least 4 members (excludes halogenated alkanes) is 1. The molecule has 0 saturated heterocycles. The third-order valence-corrected chi connectivity index (χ3v) is 4.77. The van der Waals surface area contributed by atoms with Gasteiger partial charge in [-0.2, -0.15) is 0 Å². The summed E-state index contributed by atoms with van der Waals surface area (Å²) >= 11 is 0. The number of nitrogens with one attached hydrogen (secondary N) is 2. The van der Waals surface area contributed by atoms with E-state index in [0.29, 0.717) is 4.90 Å². The van der Waals surface area contributed by atoms with Crippen molar-refractivity contribution in [2.24, 2.45) is 0 Å². The molecule has 1 atom stereocenters. The zero-order valence-corrected chi connectivity index (χ0v) is 13.5. The minimum absolute atomic E-state index is 0.0265. The first kappa shape index (κ1) is 17.1. The maximum absolute atomic E-state index is 12.2. The van der Waals surface area contributed by atoms with Crippen molar-refractivity contribution in [3.8, 4) is 0 Å². The largest absolute Gasteiger partial charge is 0.313 e. The summed E-state index contributed by atoms with van der Waals surface area (Å²) in [5.74, 6) is 0. The van der Waals surface area contributed by atoms with Gasteiger partial charge in [-0.15, -0.1) is 0 Å². The SMILES string of the molecule is CCCCC(C)NS(=O)(=O)c1ccc(CNCC)cc1. The van der Waals surface area contributed by atoms with Gasteiger partial charge in [-0.25, -0.2) is 13.1 Å². The van der Waals surface area contributed by atoms with Crippen LogP contribution in [0.2, 0.25) is 0 Å². The van der Waals surface area contributed by atoms with Gasteiger partial charge in [-0.1, -0.05) is 38.8 Å². The van der Waals surface area contributed by atoms with Crippen molar-refractivity contribution in [2.75, 3.05) is 6.54 Å². The van der Waals surface area contributed by atoms with Gasteiger partial charge in [0.15, 0.2) is 0 Å². The van der Waals surface area contributed by atoms with Gasteiger partial charge in [0.1, 0.15) is 0 Å². The molecule has 0 aliphatic rings. The van der Waals surface area contributed by atoms with E-state index >= 15 is 0 Å². The summed E-state index contributed by atoms with van der Waals surface area (Å²) in [5, 5.41) is 3.21. The molecule has 0 bridgehead atoms. The van der Waals surface area contributed by atoms with Crippen LogP contribution in [0.1, 0.15) is 45.6 Å². The van der Waals surface area contributed by atoms with Crippen LogP contribution in [-0.2, 0) is 16.6 Å². The Labute approximate surface area is 123 Å². The molecule has 4 nitrogen and oxygen atoms in total. The summed E-state index contributed by atoms with van der Waals surface area (Å²) in [5.41, 5.74) is 1.09. The molecule has 0 spiro atoms. The van der Waals surface area contributed by atoms with Crippen LogP contribution in [0.5, 0.6) is 0 Å². The average Bonchev–Trinajstić information content (AvgIpc) is 2.43. The third-order valence-electron chi connectivity index (χ3n) is 3.16. The monoisotopic (exact) mass is 298 g/mol. The van der Waals surface area contributed by atoms with Crippen LogP contribution in [0.3, 0.4) is 0 Å². The minimum Gasteiger partial charge on any atom is -0.313 e. The zero-order valence-electron chi connectivity index (χ0n) is 12.6. The van der Waals surface area contributed by atoms with E-state index in [1.54, 1.807) is 12.1 Å². The molecule has 1 rings (SSSR count). The quantitative estimate of drug-likeness (QED) is 0.737. The normalized spacial score (nSPS) is 13.3. The maximum atomic E-state index is 12.2. The Morgan fingerprint density at radius 1 is 1.15 bits per heavy atom. The number of rotatable bonds is 9. The summed E-state index contributed by atoms with van der Waals surface area (Å²) in [6.45, 7) is 7.71. The summed E-state index contributed by atoms with van der Waals surface area (Å²) < 4.78 is 27.1. The van der Waals surface area contributed by atoms with Gasteiger partial charge < -0.3 is 5.32 Å². The second-order valence-corrected chi connectivity index (χ2v) is 6.80. The van der Waals surface area contributed by atoms with E-state index in [0.717, 1.165) is 37.9 Å². The van der Waals surface area contributed by atoms with Crippen molar-refractivity contribution >= 4 is 10.0 Å². The van der Waals surface area contributed by atoms with Crippen molar-refractivity contribution in [2.45, 2.75) is 57.5 Å². The second-order valence-electron chi connectivity index (χ2n) is 5.09. The van der Waals surface area contributed by atoms with E-state index in [-0.39, 0.29) is 6.04 Å². The fourth-order valence-electron chi connectivity index (χ4n) is 1.96. The molecule has 0 aliphatic heterocycles. The van der Waals surface area contributed by atoms with Crippen LogP contribution in [0, 0.1) is 0 Å². The molecule has 20 heavy (non-hydrogen) atoms. The van der Waals surface area contributed by atoms with E-state index in [1.165, 1.54) is 0 Å². The Morgan fingerprint density at radius 2 is 1.80 bits per heavy atom. The van der Waals surface area contributed by atoms with E-state index in [2.05, 4.69) is 17.0 Å². The first-order valence-corrected chi connectivity index (χ1v) is 8.80. The van der Waals surface area contributed by atoms with E-state index in [9.17, 15) is 8.42 Å². The highest BCUT2D eigenvalue weighted by Crippen LogP contribution is 2.12. The van der Waals surface area contributed by atoms with Crippen LogP contribution >= 0.6 is 0 Å². The first-order chi connectivity index (χ1) is 9.49. The predicted molar refractivity (Wildman–Crippen MR) is 83.1 cm³/mol. The van der Waals surface area contributed by atoms with Gasteiger partial charge in [-0.05, 0) is 37.6 Å². The Balaban J connectivity index is 2.67. The standard InChI is InChI=1S/C15H26N2O2S/c1-4-6-7-13(3)17-20(18,19)15-10-8-14(9-11-15)12-16-5-2/h8-11,13,16-17H,4-7,12H2,1-3H3. The summed E-state index contributed by atoms with van der Waals surface area (Å²) in [6.07, 6.45) is 2.98. The smallest absolute Gasteiger partial charge is 0.240 e. The lowest BCUT2D eigenvalue weighted by atomic mass is 10.2. The topological polar surface area (TPSA) is 58.2 Å². The lowest BCUT2D eigenvalue weighted by Crippen LogP contribution is -2.32. The van der Waals surface area contributed by atoms with Gasteiger partial charge in [0.2, 0.25) is 10.0 Å². The van der Waals surface area contributed by atoms with Crippen molar-refractivity contribution in [3.05, 3.63) is 29.8 Å². The Kier molecular flexibility index (Phi) is 7.19. The van der Waals surface area contributed by atoms with Gasteiger partial charge in [0, 0.05) is 12.6 Å². The minimum atomic E-state index is -3.40. The predicted octanol–water partition coefficient (Wildman–Crippen LogP) is 2.65. The van der Waals surface area contributed by atoms with Crippen LogP contribution in [0.15, 0.2) is 29.2 Å². The summed E-state index contributed by atoms with van der Waals surface area (Å²) in [7, 11) is -3.40. The van der Waals surface area contributed by atoms with Crippen LogP contribution in [0.4, 0.5) is 0 Å². The van der Waals surface area contributed by atoms with Gasteiger partial charge >= 0.3 is 0 Å². The molecule has 114 valence electrons. The molecular weight excluding hydrogens is 272 g/mol. The Bertz CT molecular complexity index is 483. The summed E-state index contributed by atoms with van der Waals surface area (Å²) in [6, 6.07) is 7.02.